The van der Waals surface area contributed by atoms with Gasteiger partial charge in [-0.1, -0.05) is 0 Å². The quantitative estimate of drug-likeness (QED) is 0.923. The summed E-state index contributed by atoms with van der Waals surface area (Å²) in [5.74, 6) is 0.803. The zero-order valence-corrected chi connectivity index (χ0v) is 12.4. The van der Waals surface area contributed by atoms with Crippen molar-refractivity contribution in [1.29, 1.82) is 0 Å². The molecule has 0 unspecified atom stereocenters. The van der Waals surface area contributed by atoms with Gasteiger partial charge in [-0.3, -0.25) is 0 Å². The van der Waals surface area contributed by atoms with Crippen LogP contribution in [0.15, 0.2) is 24.5 Å². The van der Waals surface area contributed by atoms with Crippen LogP contribution in [0.2, 0.25) is 0 Å². The van der Waals surface area contributed by atoms with Crippen molar-refractivity contribution in [1.82, 2.24) is 9.97 Å². The molecule has 1 saturated heterocycles. The first-order valence-corrected chi connectivity index (χ1v) is 7.33. The molecule has 1 aromatic heterocycles. The van der Waals surface area contributed by atoms with Gasteiger partial charge in [-0.2, -0.15) is 0 Å². The lowest BCUT2D eigenvalue weighted by atomic mass is 9.83. The molecule has 1 fully saturated rings. The van der Waals surface area contributed by atoms with E-state index in [-0.39, 0.29) is 5.82 Å². The van der Waals surface area contributed by atoms with Gasteiger partial charge in [-0.15, -0.1) is 0 Å². The van der Waals surface area contributed by atoms with Gasteiger partial charge < -0.3 is 10.0 Å². The Kier molecular flexibility index (Phi) is 3.53. The molecule has 5 heteroatoms. The fourth-order valence-electron chi connectivity index (χ4n) is 3.06. The summed E-state index contributed by atoms with van der Waals surface area (Å²) >= 11 is 0. The Morgan fingerprint density at radius 2 is 1.95 bits per heavy atom. The van der Waals surface area contributed by atoms with Crippen molar-refractivity contribution < 1.29 is 9.50 Å². The van der Waals surface area contributed by atoms with E-state index in [4.69, 9.17) is 0 Å². The van der Waals surface area contributed by atoms with E-state index in [9.17, 15) is 9.50 Å². The highest BCUT2D eigenvalue weighted by molar-refractivity contribution is 5.89. The second kappa shape index (κ2) is 5.22. The standard InChI is InChI=1S/C16H20FN3O/c1-16(2,21)11-5-7-20(8-6-11)15-13-9-12(17)3-4-14(13)18-10-19-15/h3-4,9-11,21H,5-8H2,1-2H3. The van der Waals surface area contributed by atoms with E-state index in [0.29, 0.717) is 5.92 Å². The van der Waals surface area contributed by atoms with Crippen molar-refractivity contribution in [3.8, 4) is 0 Å². The van der Waals surface area contributed by atoms with Gasteiger partial charge in [0.15, 0.2) is 0 Å². The van der Waals surface area contributed by atoms with Crippen molar-refractivity contribution in [2.45, 2.75) is 32.3 Å². The first-order valence-electron chi connectivity index (χ1n) is 7.33. The van der Waals surface area contributed by atoms with E-state index in [0.717, 1.165) is 42.7 Å². The van der Waals surface area contributed by atoms with E-state index < -0.39 is 5.60 Å². The number of hydrogen-bond acceptors (Lipinski definition) is 4. The molecule has 0 amide bonds. The van der Waals surface area contributed by atoms with Crippen molar-refractivity contribution >= 4 is 16.7 Å². The number of hydrogen-bond donors (Lipinski definition) is 1. The summed E-state index contributed by atoms with van der Waals surface area (Å²) in [6.45, 7) is 5.36. The molecule has 1 aliphatic heterocycles. The van der Waals surface area contributed by atoms with E-state index in [2.05, 4.69) is 14.9 Å². The van der Waals surface area contributed by atoms with Crippen LogP contribution in [-0.4, -0.2) is 33.8 Å². The van der Waals surface area contributed by atoms with Crippen LogP contribution in [0, 0.1) is 11.7 Å². The van der Waals surface area contributed by atoms with Gasteiger partial charge in [0.05, 0.1) is 11.1 Å². The largest absolute Gasteiger partial charge is 0.390 e. The number of rotatable bonds is 2. The fourth-order valence-corrected chi connectivity index (χ4v) is 3.06. The number of fused-ring (bicyclic) bond motifs is 1. The summed E-state index contributed by atoms with van der Waals surface area (Å²) in [5.41, 5.74) is 0.109. The Labute approximate surface area is 123 Å². The third kappa shape index (κ3) is 2.83. The van der Waals surface area contributed by atoms with Crippen molar-refractivity contribution in [2.75, 3.05) is 18.0 Å². The molecular weight excluding hydrogens is 269 g/mol. The first kappa shape index (κ1) is 14.2. The second-order valence-corrected chi connectivity index (χ2v) is 6.27. The number of benzene rings is 1. The summed E-state index contributed by atoms with van der Waals surface area (Å²) in [6, 6.07) is 4.59. The zero-order chi connectivity index (χ0) is 15.0. The Morgan fingerprint density at radius 1 is 1.24 bits per heavy atom. The molecular formula is C16H20FN3O. The third-order valence-electron chi connectivity index (χ3n) is 4.37. The van der Waals surface area contributed by atoms with Gasteiger partial charge in [0, 0.05) is 18.5 Å². The summed E-state index contributed by atoms with van der Waals surface area (Å²) in [4.78, 5) is 10.7. The maximum atomic E-state index is 13.5. The number of nitrogens with zero attached hydrogens (tertiary/aromatic N) is 3. The molecule has 1 aliphatic rings. The molecule has 1 N–H and O–H groups in total. The van der Waals surface area contributed by atoms with Crippen LogP contribution in [0.1, 0.15) is 26.7 Å². The number of aromatic nitrogens is 2. The molecule has 21 heavy (non-hydrogen) atoms. The first-order chi connectivity index (χ1) is 9.95. The molecule has 4 nitrogen and oxygen atoms in total. The van der Waals surface area contributed by atoms with Gasteiger partial charge >= 0.3 is 0 Å². The molecule has 0 radical (unpaired) electrons. The van der Waals surface area contributed by atoms with Gasteiger partial charge in [-0.25, -0.2) is 14.4 Å². The van der Waals surface area contributed by atoms with Crippen molar-refractivity contribution in [3.63, 3.8) is 0 Å². The number of piperidine rings is 1. The maximum absolute atomic E-state index is 13.5. The highest BCUT2D eigenvalue weighted by Crippen LogP contribution is 2.32. The smallest absolute Gasteiger partial charge is 0.139 e. The Bertz CT molecular complexity index is 646. The minimum Gasteiger partial charge on any atom is -0.390 e. The monoisotopic (exact) mass is 289 g/mol. The highest BCUT2D eigenvalue weighted by atomic mass is 19.1. The lowest BCUT2D eigenvalue weighted by Gasteiger charge is -2.38. The average Bonchev–Trinajstić information content (AvgIpc) is 2.46. The average molecular weight is 289 g/mol. The van der Waals surface area contributed by atoms with Gasteiger partial charge in [0.2, 0.25) is 0 Å². The Hall–Kier alpha value is -1.75. The minimum absolute atomic E-state index is 0.273. The SMILES string of the molecule is CC(C)(O)C1CCN(c2ncnc3ccc(F)cc23)CC1. The topological polar surface area (TPSA) is 49.2 Å². The molecule has 0 saturated carbocycles. The molecule has 0 spiro atoms. The predicted octanol–water partition coefficient (Wildman–Crippen LogP) is 2.76. The Morgan fingerprint density at radius 3 is 2.62 bits per heavy atom. The predicted molar refractivity (Wildman–Crippen MR) is 80.7 cm³/mol. The lowest BCUT2D eigenvalue weighted by Crippen LogP contribution is -2.42. The summed E-state index contributed by atoms with van der Waals surface area (Å²) in [6.07, 6.45) is 3.34. The van der Waals surface area contributed by atoms with Crippen LogP contribution in [0.25, 0.3) is 10.9 Å². The highest BCUT2D eigenvalue weighted by Gasteiger charge is 2.31. The summed E-state index contributed by atoms with van der Waals surface area (Å²) < 4.78 is 13.5. The Balaban J connectivity index is 1.87. The van der Waals surface area contributed by atoms with Crippen LogP contribution in [0.3, 0.4) is 0 Å². The number of anilines is 1. The number of halogens is 1. The molecule has 112 valence electrons. The van der Waals surface area contributed by atoms with Crippen LogP contribution in [0.4, 0.5) is 10.2 Å². The summed E-state index contributed by atoms with van der Waals surface area (Å²) in [7, 11) is 0. The van der Waals surface area contributed by atoms with Gasteiger partial charge in [-0.05, 0) is 50.8 Å². The molecule has 0 aliphatic carbocycles. The maximum Gasteiger partial charge on any atom is 0.139 e. The van der Waals surface area contributed by atoms with Crippen LogP contribution < -0.4 is 4.90 Å². The molecule has 2 aromatic rings. The summed E-state index contributed by atoms with van der Waals surface area (Å²) in [5, 5.41) is 10.9. The van der Waals surface area contributed by atoms with Gasteiger partial charge in [0.25, 0.3) is 0 Å². The van der Waals surface area contributed by atoms with E-state index in [1.54, 1.807) is 6.07 Å². The number of aliphatic hydroxyl groups is 1. The molecule has 1 aromatic carbocycles. The van der Waals surface area contributed by atoms with Crippen LogP contribution in [-0.2, 0) is 0 Å². The van der Waals surface area contributed by atoms with Crippen molar-refractivity contribution in [3.05, 3.63) is 30.3 Å². The fraction of sp³-hybridized carbons (Fsp3) is 0.500. The minimum atomic E-state index is -0.647. The molecule has 2 heterocycles. The molecule has 0 atom stereocenters. The van der Waals surface area contributed by atoms with E-state index >= 15 is 0 Å². The molecule has 0 bridgehead atoms. The normalized spacial score (nSPS) is 17.4. The van der Waals surface area contributed by atoms with Crippen LogP contribution >= 0.6 is 0 Å². The van der Waals surface area contributed by atoms with E-state index in [1.807, 2.05) is 13.8 Å². The second-order valence-electron chi connectivity index (χ2n) is 6.27. The van der Waals surface area contributed by atoms with Crippen molar-refractivity contribution in [2.24, 2.45) is 5.92 Å². The van der Waals surface area contributed by atoms with Gasteiger partial charge in [0.1, 0.15) is 18.0 Å². The third-order valence-corrected chi connectivity index (χ3v) is 4.37. The van der Waals surface area contributed by atoms with Crippen LogP contribution in [0.5, 0.6) is 0 Å². The molecule has 3 rings (SSSR count). The lowest BCUT2D eigenvalue weighted by molar-refractivity contribution is 0.00648. The zero-order valence-electron chi connectivity index (χ0n) is 12.4. The van der Waals surface area contributed by atoms with E-state index in [1.165, 1.54) is 18.5 Å².